The Labute approximate surface area is 106 Å². The molecule has 0 amide bonds. The number of aromatic hydroxyl groups is 1. The van der Waals surface area contributed by atoms with Crippen molar-refractivity contribution in [3.8, 4) is 17.1 Å². The fourth-order valence-corrected chi connectivity index (χ4v) is 2.01. The number of benzene rings is 2. The van der Waals surface area contributed by atoms with E-state index in [1.165, 1.54) is 0 Å². The van der Waals surface area contributed by atoms with Crippen molar-refractivity contribution in [1.29, 1.82) is 0 Å². The Kier molecular flexibility index (Phi) is 2.37. The summed E-state index contributed by atoms with van der Waals surface area (Å²) in [6.45, 7) is 0. The molecular formula is C13H8BrNO2. The summed E-state index contributed by atoms with van der Waals surface area (Å²) in [5.74, 6) is 0.903. The van der Waals surface area contributed by atoms with Gasteiger partial charge in [0.2, 0.25) is 0 Å². The molecule has 3 nitrogen and oxygen atoms in total. The van der Waals surface area contributed by atoms with Crippen molar-refractivity contribution >= 4 is 26.8 Å². The number of halogens is 1. The molecule has 0 saturated carbocycles. The van der Waals surface area contributed by atoms with Gasteiger partial charge in [-0.15, -0.1) is 0 Å². The number of hydrogen-bond donors (Lipinski definition) is 1. The smallest absolute Gasteiger partial charge is 0.174 e. The van der Waals surface area contributed by atoms with Gasteiger partial charge in [0.15, 0.2) is 5.76 Å². The quantitative estimate of drug-likeness (QED) is 0.737. The summed E-state index contributed by atoms with van der Waals surface area (Å²) in [5.41, 5.74) is 1.62. The van der Waals surface area contributed by atoms with Crippen LogP contribution in [-0.2, 0) is 0 Å². The van der Waals surface area contributed by atoms with Crippen molar-refractivity contribution in [2.24, 2.45) is 0 Å². The summed E-state index contributed by atoms with van der Waals surface area (Å²) in [7, 11) is 0. The van der Waals surface area contributed by atoms with Gasteiger partial charge in [-0.3, -0.25) is 0 Å². The molecule has 0 atom stereocenters. The van der Waals surface area contributed by atoms with Crippen LogP contribution in [-0.4, -0.2) is 10.3 Å². The molecule has 84 valence electrons. The summed E-state index contributed by atoms with van der Waals surface area (Å²) in [6, 6.07) is 12.8. The Morgan fingerprint density at radius 3 is 2.59 bits per heavy atom. The molecule has 0 bridgehead atoms. The Hall–Kier alpha value is -1.81. The van der Waals surface area contributed by atoms with Crippen molar-refractivity contribution in [1.82, 2.24) is 5.16 Å². The molecule has 0 saturated heterocycles. The van der Waals surface area contributed by atoms with Gasteiger partial charge in [0.25, 0.3) is 0 Å². The number of phenolic OH excluding ortho intramolecular Hbond substituents is 1. The van der Waals surface area contributed by atoms with E-state index in [9.17, 15) is 5.11 Å². The minimum absolute atomic E-state index is 0.188. The third kappa shape index (κ3) is 1.80. The molecular weight excluding hydrogens is 282 g/mol. The van der Waals surface area contributed by atoms with Crippen LogP contribution < -0.4 is 0 Å². The Morgan fingerprint density at radius 2 is 1.82 bits per heavy atom. The van der Waals surface area contributed by atoms with E-state index < -0.39 is 0 Å². The lowest BCUT2D eigenvalue weighted by Crippen LogP contribution is -1.75. The highest BCUT2D eigenvalue weighted by atomic mass is 79.9. The zero-order valence-electron chi connectivity index (χ0n) is 8.72. The van der Waals surface area contributed by atoms with Crippen LogP contribution in [0.25, 0.3) is 22.2 Å². The maximum atomic E-state index is 9.36. The Morgan fingerprint density at radius 1 is 1.06 bits per heavy atom. The van der Waals surface area contributed by atoms with E-state index in [1.807, 2.05) is 24.3 Å². The second kappa shape index (κ2) is 3.89. The van der Waals surface area contributed by atoms with Crippen LogP contribution in [0.15, 0.2) is 51.5 Å². The zero-order chi connectivity index (χ0) is 11.8. The molecule has 0 fully saturated rings. The molecule has 0 spiro atoms. The number of nitrogens with zero attached hydrogens (tertiary/aromatic N) is 1. The van der Waals surface area contributed by atoms with Crippen LogP contribution in [0.1, 0.15) is 0 Å². The van der Waals surface area contributed by atoms with Crippen LogP contribution in [0.4, 0.5) is 0 Å². The first-order chi connectivity index (χ1) is 8.24. The second-order valence-corrected chi connectivity index (χ2v) is 4.64. The number of rotatable bonds is 1. The van der Waals surface area contributed by atoms with E-state index in [4.69, 9.17) is 4.52 Å². The largest absolute Gasteiger partial charge is 0.508 e. The van der Waals surface area contributed by atoms with Crippen LogP contribution in [0.2, 0.25) is 0 Å². The molecule has 1 aromatic heterocycles. The average Bonchev–Trinajstić information content (AvgIpc) is 2.73. The SMILES string of the molecule is Oc1ccc2c(-c3ccc(Br)cc3)onc2c1. The highest BCUT2D eigenvalue weighted by Gasteiger charge is 2.10. The maximum Gasteiger partial charge on any atom is 0.174 e. The van der Waals surface area contributed by atoms with Gasteiger partial charge < -0.3 is 9.63 Å². The van der Waals surface area contributed by atoms with Crippen LogP contribution in [0.5, 0.6) is 5.75 Å². The highest BCUT2D eigenvalue weighted by molar-refractivity contribution is 9.10. The average molecular weight is 290 g/mol. The van der Waals surface area contributed by atoms with Crippen molar-refractivity contribution < 1.29 is 9.63 Å². The van der Waals surface area contributed by atoms with E-state index in [1.54, 1.807) is 18.2 Å². The fourth-order valence-electron chi connectivity index (χ4n) is 1.74. The van der Waals surface area contributed by atoms with E-state index >= 15 is 0 Å². The van der Waals surface area contributed by atoms with Crippen LogP contribution in [0, 0.1) is 0 Å². The predicted molar refractivity (Wildman–Crippen MR) is 68.8 cm³/mol. The summed E-state index contributed by atoms with van der Waals surface area (Å²) < 4.78 is 6.34. The maximum absolute atomic E-state index is 9.36. The molecule has 0 unspecified atom stereocenters. The van der Waals surface area contributed by atoms with E-state index in [0.29, 0.717) is 11.3 Å². The number of fused-ring (bicyclic) bond motifs is 1. The fraction of sp³-hybridized carbons (Fsp3) is 0. The molecule has 0 radical (unpaired) electrons. The van der Waals surface area contributed by atoms with Crippen molar-refractivity contribution in [3.05, 3.63) is 46.9 Å². The normalized spacial score (nSPS) is 10.9. The van der Waals surface area contributed by atoms with Gasteiger partial charge in [-0.25, -0.2) is 0 Å². The number of phenols is 1. The van der Waals surface area contributed by atoms with Gasteiger partial charge in [0.1, 0.15) is 11.3 Å². The van der Waals surface area contributed by atoms with Gasteiger partial charge in [0, 0.05) is 21.5 Å². The van der Waals surface area contributed by atoms with E-state index in [2.05, 4.69) is 21.1 Å². The Balaban J connectivity index is 2.21. The molecule has 3 aromatic rings. The van der Waals surface area contributed by atoms with Crippen LogP contribution in [0.3, 0.4) is 0 Å². The molecule has 0 aliphatic carbocycles. The van der Waals surface area contributed by atoms with Gasteiger partial charge in [-0.1, -0.05) is 21.1 Å². The molecule has 17 heavy (non-hydrogen) atoms. The third-order valence-electron chi connectivity index (χ3n) is 2.57. The number of aromatic nitrogens is 1. The first-order valence-electron chi connectivity index (χ1n) is 5.08. The zero-order valence-corrected chi connectivity index (χ0v) is 10.3. The lowest BCUT2D eigenvalue weighted by Gasteiger charge is -1.97. The standard InChI is InChI=1S/C13H8BrNO2/c14-9-3-1-8(2-4-9)13-11-6-5-10(16)7-12(11)15-17-13/h1-7,16H. The minimum Gasteiger partial charge on any atom is -0.508 e. The molecule has 2 aromatic carbocycles. The molecule has 0 aliphatic rings. The molecule has 3 rings (SSSR count). The Bertz CT molecular complexity index is 673. The van der Waals surface area contributed by atoms with Crippen molar-refractivity contribution in [3.63, 3.8) is 0 Å². The van der Waals surface area contributed by atoms with Gasteiger partial charge in [-0.2, -0.15) is 0 Å². The lowest BCUT2D eigenvalue weighted by atomic mass is 10.1. The topological polar surface area (TPSA) is 46.3 Å². The van der Waals surface area contributed by atoms with Crippen molar-refractivity contribution in [2.45, 2.75) is 0 Å². The third-order valence-corrected chi connectivity index (χ3v) is 3.10. The highest BCUT2D eigenvalue weighted by Crippen LogP contribution is 2.30. The second-order valence-electron chi connectivity index (χ2n) is 3.72. The number of hydrogen-bond acceptors (Lipinski definition) is 3. The summed E-state index contributed by atoms with van der Waals surface area (Å²) in [6.07, 6.45) is 0. The molecule has 0 aliphatic heterocycles. The first-order valence-corrected chi connectivity index (χ1v) is 5.88. The van der Waals surface area contributed by atoms with Gasteiger partial charge in [-0.05, 0) is 36.4 Å². The predicted octanol–water partition coefficient (Wildman–Crippen LogP) is 3.96. The van der Waals surface area contributed by atoms with Crippen LogP contribution >= 0.6 is 15.9 Å². The summed E-state index contributed by atoms with van der Waals surface area (Å²) in [4.78, 5) is 0. The lowest BCUT2D eigenvalue weighted by molar-refractivity contribution is 0.440. The molecule has 1 heterocycles. The van der Waals surface area contributed by atoms with Crippen molar-refractivity contribution in [2.75, 3.05) is 0 Å². The van der Waals surface area contributed by atoms with Gasteiger partial charge >= 0.3 is 0 Å². The molecule has 4 heteroatoms. The summed E-state index contributed by atoms with van der Waals surface area (Å²) in [5, 5.41) is 14.2. The van der Waals surface area contributed by atoms with E-state index in [0.717, 1.165) is 15.4 Å². The summed E-state index contributed by atoms with van der Waals surface area (Å²) >= 11 is 3.39. The first kappa shape index (κ1) is 10.4. The monoisotopic (exact) mass is 289 g/mol. The minimum atomic E-state index is 0.188. The van der Waals surface area contributed by atoms with E-state index in [-0.39, 0.29) is 5.75 Å². The molecule has 1 N–H and O–H groups in total. The van der Waals surface area contributed by atoms with Gasteiger partial charge in [0.05, 0.1) is 0 Å².